The van der Waals surface area contributed by atoms with E-state index in [0.717, 1.165) is 0 Å². The van der Waals surface area contributed by atoms with Gasteiger partial charge in [0.05, 0.1) is 16.4 Å². The number of amides is 3. The summed E-state index contributed by atoms with van der Waals surface area (Å²) in [5.41, 5.74) is 7.06. The molecule has 0 radical (unpaired) electrons. The van der Waals surface area contributed by atoms with Gasteiger partial charge in [-0.15, -0.1) is 0 Å². The Morgan fingerprint density at radius 3 is 2.38 bits per heavy atom. The van der Waals surface area contributed by atoms with Gasteiger partial charge in [-0.25, -0.2) is 4.99 Å². The smallest absolute Gasteiger partial charge is 0.369 e. The summed E-state index contributed by atoms with van der Waals surface area (Å²) < 4.78 is 38.5. The van der Waals surface area contributed by atoms with E-state index in [4.69, 9.17) is 28.9 Å². The number of aliphatic imine (C=N–C) groups is 1. The lowest BCUT2D eigenvalue weighted by atomic mass is 9.83. The highest BCUT2D eigenvalue weighted by Gasteiger charge is 2.38. The number of para-hydroxylation sites is 1. The van der Waals surface area contributed by atoms with Gasteiger partial charge < -0.3 is 16.4 Å². The maximum Gasteiger partial charge on any atom is 0.389 e. The lowest BCUT2D eigenvalue weighted by Gasteiger charge is -2.25. The predicted molar refractivity (Wildman–Crippen MR) is 135 cm³/mol. The number of halogens is 5. The number of hydrogen-bond donors (Lipinski definition) is 3. The normalized spacial score (nSPS) is 17.1. The zero-order valence-corrected chi connectivity index (χ0v) is 21.3. The number of carbonyl (C=O) groups is 3. The molecule has 0 fully saturated rings. The largest absolute Gasteiger partial charge is 0.389 e. The number of anilines is 1. The molecule has 0 saturated heterocycles. The molecule has 2 aromatic carbocycles. The molecule has 3 amide bonds. The van der Waals surface area contributed by atoms with Gasteiger partial charge in [0.2, 0.25) is 18.0 Å². The number of nitrogens with zero attached hydrogens (tertiary/aromatic N) is 1. The Labute approximate surface area is 221 Å². The third kappa shape index (κ3) is 7.23. The highest BCUT2D eigenvalue weighted by Crippen LogP contribution is 2.32. The molecule has 0 aromatic heterocycles. The molecule has 1 aliphatic rings. The molecule has 37 heavy (non-hydrogen) atoms. The first-order valence-electron chi connectivity index (χ1n) is 11.5. The lowest BCUT2D eigenvalue weighted by molar-refractivity contribution is -0.145. The van der Waals surface area contributed by atoms with Gasteiger partial charge >= 0.3 is 6.18 Å². The van der Waals surface area contributed by atoms with Crippen LogP contribution in [0.1, 0.15) is 43.7 Å². The molecule has 1 heterocycles. The summed E-state index contributed by atoms with van der Waals surface area (Å²) in [6.07, 6.45) is -7.42. The minimum atomic E-state index is -4.52. The van der Waals surface area contributed by atoms with E-state index in [1.807, 2.05) is 0 Å². The Bertz CT molecular complexity index is 1200. The van der Waals surface area contributed by atoms with E-state index in [-0.39, 0.29) is 17.1 Å². The van der Waals surface area contributed by atoms with Crippen LogP contribution in [0.25, 0.3) is 0 Å². The molecular weight excluding hydrogens is 532 g/mol. The number of nitrogens with one attached hydrogen (secondary N) is 2. The van der Waals surface area contributed by atoms with E-state index < -0.39 is 54.7 Å². The maximum absolute atomic E-state index is 13.3. The molecule has 0 saturated carbocycles. The van der Waals surface area contributed by atoms with E-state index in [2.05, 4.69) is 15.6 Å². The first-order valence-corrected chi connectivity index (χ1v) is 12.3. The van der Waals surface area contributed by atoms with Crippen LogP contribution in [-0.2, 0) is 14.4 Å². The van der Waals surface area contributed by atoms with Gasteiger partial charge in [0.25, 0.3) is 5.91 Å². The SMILES string of the molecule is CCC[C@H](C(=O)N[C@H]1N=C(c2ccc(Cl)cc2)c2cccc(Cl)c2NC1=O)[C@@H](CCC(F)(F)F)C(N)=O. The molecule has 0 aliphatic carbocycles. The van der Waals surface area contributed by atoms with Crippen molar-refractivity contribution < 1.29 is 27.6 Å². The van der Waals surface area contributed by atoms with Crippen LogP contribution in [0, 0.1) is 11.8 Å². The predicted octanol–water partition coefficient (Wildman–Crippen LogP) is 5.09. The van der Waals surface area contributed by atoms with Crippen LogP contribution in [0.5, 0.6) is 0 Å². The van der Waals surface area contributed by atoms with Gasteiger partial charge in [-0.3, -0.25) is 14.4 Å². The highest BCUT2D eigenvalue weighted by molar-refractivity contribution is 6.36. The summed E-state index contributed by atoms with van der Waals surface area (Å²) in [7, 11) is 0. The van der Waals surface area contributed by atoms with E-state index in [1.165, 1.54) is 0 Å². The molecule has 198 valence electrons. The van der Waals surface area contributed by atoms with Crippen molar-refractivity contribution in [2.45, 2.75) is 44.9 Å². The molecule has 2 aromatic rings. The molecule has 12 heteroatoms. The minimum absolute atomic E-state index is 0.0887. The zero-order chi connectivity index (χ0) is 27.3. The Morgan fingerprint density at radius 2 is 1.78 bits per heavy atom. The average Bonchev–Trinajstić information content (AvgIpc) is 2.95. The van der Waals surface area contributed by atoms with Crippen LogP contribution in [-0.4, -0.2) is 35.8 Å². The second-order valence-corrected chi connectivity index (χ2v) is 9.45. The number of primary amides is 1. The fourth-order valence-corrected chi connectivity index (χ4v) is 4.51. The summed E-state index contributed by atoms with van der Waals surface area (Å²) in [6, 6.07) is 11.6. The van der Waals surface area contributed by atoms with Gasteiger partial charge in [-0.2, -0.15) is 13.2 Å². The molecule has 3 rings (SSSR count). The number of benzene rings is 2. The Morgan fingerprint density at radius 1 is 1.11 bits per heavy atom. The van der Waals surface area contributed by atoms with Crippen molar-refractivity contribution in [3.63, 3.8) is 0 Å². The van der Waals surface area contributed by atoms with Crippen molar-refractivity contribution in [3.8, 4) is 0 Å². The maximum atomic E-state index is 13.3. The summed E-state index contributed by atoms with van der Waals surface area (Å²) in [5.74, 6) is -5.09. The molecular formula is C25H25Cl2F3N4O3. The van der Waals surface area contributed by atoms with Crippen LogP contribution < -0.4 is 16.4 Å². The van der Waals surface area contributed by atoms with Crippen molar-refractivity contribution in [1.82, 2.24) is 5.32 Å². The first kappa shape index (κ1) is 28.5. The number of fused-ring (bicyclic) bond motifs is 1. The van der Waals surface area contributed by atoms with E-state index in [0.29, 0.717) is 28.3 Å². The Kier molecular flexibility index (Phi) is 9.20. The number of alkyl halides is 3. The van der Waals surface area contributed by atoms with Crippen molar-refractivity contribution in [2.75, 3.05) is 5.32 Å². The first-order chi connectivity index (χ1) is 17.4. The molecule has 4 N–H and O–H groups in total. The number of benzodiazepines with no additional fused rings is 1. The van der Waals surface area contributed by atoms with Crippen molar-refractivity contribution in [3.05, 3.63) is 63.6 Å². The van der Waals surface area contributed by atoms with E-state index >= 15 is 0 Å². The van der Waals surface area contributed by atoms with Gasteiger partial charge in [0.1, 0.15) is 0 Å². The average molecular weight is 557 g/mol. The van der Waals surface area contributed by atoms with Crippen LogP contribution >= 0.6 is 23.2 Å². The fraction of sp³-hybridized carbons (Fsp3) is 0.360. The van der Waals surface area contributed by atoms with Gasteiger partial charge in [0.15, 0.2) is 0 Å². The van der Waals surface area contributed by atoms with Gasteiger partial charge in [0, 0.05) is 34.4 Å². The summed E-state index contributed by atoms with van der Waals surface area (Å²) in [6.45, 7) is 1.72. The van der Waals surface area contributed by atoms with Crippen molar-refractivity contribution in [2.24, 2.45) is 22.6 Å². The van der Waals surface area contributed by atoms with Crippen LogP contribution in [0.15, 0.2) is 47.5 Å². The third-order valence-corrected chi connectivity index (χ3v) is 6.51. The molecule has 3 atom stereocenters. The van der Waals surface area contributed by atoms with E-state index in [9.17, 15) is 27.6 Å². The van der Waals surface area contributed by atoms with Crippen LogP contribution in [0.3, 0.4) is 0 Å². The van der Waals surface area contributed by atoms with Gasteiger partial charge in [-0.1, -0.05) is 60.8 Å². The fourth-order valence-electron chi connectivity index (χ4n) is 4.16. The van der Waals surface area contributed by atoms with Crippen molar-refractivity contribution in [1.29, 1.82) is 0 Å². The summed E-state index contributed by atoms with van der Waals surface area (Å²) >= 11 is 12.3. The number of carbonyl (C=O) groups excluding carboxylic acids is 3. The number of rotatable bonds is 9. The number of hydrogen-bond acceptors (Lipinski definition) is 4. The standard InChI is InChI=1S/C25H25Cl2F3N4O3/c1-2-4-16(15(21(31)35)11-12-25(28,29)30)23(36)34-22-24(37)33-20-17(5-3-6-18(20)27)19(32-22)13-7-9-14(26)10-8-13/h3,5-10,15-16,22H,2,4,11-12H2,1H3,(H2,31,35)(H,33,37)(H,34,36)/t15-,16+,22-/m1/s1. The third-order valence-electron chi connectivity index (χ3n) is 5.95. The lowest BCUT2D eigenvalue weighted by Crippen LogP contribution is -2.48. The Balaban J connectivity index is 1.98. The Hall–Kier alpha value is -3.11. The quantitative estimate of drug-likeness (QED) is 0.399. The van der Waals surface area contributed by atoms with Crippen LogP contribution in [0.2, 0.25) is 10.0 Å². The molecule has 7 nitrogen and oxygen atoms in total. The monoisotopic (exact) mass is 556 g/mol. The van der Waals surface area contributed by atoms with Crippen LogP contribution in [0.4, 0.5) is 18.9 Å². The summed E-state index contributed by atoms with van der Waals surface area (Å²) in [4.78, 5) is 42.9. The molecule has 1 aliphatic heterocycles. The minimum Gasteiger partial charge on any atom is -0.369 e. The second kappa shape index (κ2) is 12.0. The van der Waals surface area contributed by atoms with Crippen molar-refractivity contribution >= 4 is 52.3 Å². The highest BCUT2D eigenvalue weighted by atomic mass is 35.5. The molecule has 0 unspecified atom stereocenters. The number of nitrogens with two attached hydrogens (primary N) is 1. The van der Waals surface area contributed by atoms with E-state index in [1.54, 1.807) is 49.4 Å². The molecule has 0 bridgehead atoms. The zero-order valence-electron chi connectivity index (χ0n) is 19.7. The van der Waals surface area contributed by atoms with Gasteiger partial charge in [-0.05, 0) is 31.0 Å². The second-order valence-electron chi connectivity index (χ2n) is 8.61. The summed E-state index contributed by atoms with van der Waals surface area (Å²) in [5, 5.41) is 5.87. The molecule has 0 spiro atoms. The topological polar surface area (TPSA) is 114 Å².